The minimum absolute atomic E-state index is 0. The summed E-state index contributed by atoms with van der Waals surface area (Å²) in [5.41, 5.74) is 6.82. The van der Waals surface area contributed by atoms with E-state index in [-0.39, 0.29) is 32.7 Å². The van der Waals surface area contributed by atoms with Crippen LogP contribution in [0.3, 0.4) is 0 Å². The summed E-state index contributed by atoms with van der Waals surface area (Å²) in [4.78, 5) is 6.84. The Balaban J connectivity index is 0.000000640. The second kappa shape index (κ2) is 5.09. The Morgan fingerprint density at radius 1 is 1.67 bits per heavy atom. The molecule has 1 radical (unpaired) electrons. The van der Waals surface area contributed by atoms with Crippen molar-refractivity contribution in [1.29, 1.82) is 0 Å². The first-order chi connectivity index (χ1) is 3.93. The molecule has 0 saturated carbocycles. The van der Waals surface area contributed by atoms with Crippen molar-refractivity contribution in [2.45, 2.75) is 6.42 Å². The van der Waals surface area contributed by atoms with E-state index in [2.05, 4.69) is 9.97 Å². The molecule has 4 heteroatoms. The van der Waals surface area contributed by atoms with Crippen molar-refractivity contribution in [3.8, 4) is 0 Å². The molecule has 0 aromatic carbocycles. The van der Waals surface area contributed by atoms with Gasteiger partial charge in [0.1, 0.15) is 5.82 Å². The fourth-order valence-corrected chi connectivity index (χ4v) is 0.553. The van der Waals surface area contributed by atoms with E-state index >= 15 is 0 Å². The van der Waals surface area contributed by atoms with Crippen molar-refractivity contribution >= 4 is 0 Å². The molecule has 0 unspecified atom stereocenters. The van der Waals surface area contributed by atoms with Crippen molar-refractivity contribution in [3.63, 3.8) is 0 Å². The van der Waals surface area contributed by atoms with E-state index in [0.717, 1.165) is 12.2 Å². The average molecular weight is 199 g/mol. The first kappa shape index (κ1) is 9.27. The Hall–Kier alpha value is 0.274. The maximum absolute atomic E-state index is 6.82. The van der Waals surface area contributed by atoms with Gasteiger partial charge in [0, 0.05) is 45.1 Å². The quantitative estimate of drug-likeness (QED) is 0.758. The fourth-order valence-electron chi connectivity index (χ4n) is 0.553. The summed E-state index contributed by atoms with van der Waals surface area (Å²) in [7, 11) is 0. The number of nitrogens with zero attached hydrogens (tertiary/aromatic N) is 1. The normalized spacial score (nSPS) is 8.56. The molecular formula is C5H8N3Y-. The third-order valence-electron chi connectivity index (χ3n) is 0.917. The largest absolute Gasteiger partial charge is 0.677 e. The molecule has 1 aromatic heterocycles. The maximum Gasteiger partial charge on any atom is 0.104 e. The summed E-state index contributed by atoms with van der Waals surface area (Å²) >= 11 is 0. The summed E-state index contributed by atoms with van der Waals surface area (Å²) in [5, 5.41) is 0. The van der Waals surface area contributed by atoms with Crippen molar-refractivity contribution in [1.82, 2.24) is 9.97 Å². The van der Waals surface area contributed by atoms with E-state index in [4.69, 9.17) is 5.73 Å². The molecule has 1 aromatic rings. The Morgan fingerprint density at radius 2 is 2.44 bits per heavy atom. The van der Waals surface area contributed by atoms with Crippen LogP contribution in [-0.2, 0) is 39.1 Å². The molecular weight excluding hydrogens is 191 g/mol. The summed E-state index contributed by atoms with van der Waals surface area (Å²) < 4.78 is 0. The molecule has 0 aliphatic carbocycles. The van der Waals surface area contributed by atoms with Crippen LogP contribution in [0.25, 0.3) is 5.73 Å². The van der Waals surface area contributed by atoms with Crippen LogP contribution in [0.5, 0.6) is 0 Å². The monoisotopic (exact) mass is 199 g/mol. The number of hydrogen-bond acceptors (Lipinski definition) is 1. The third-order valence-corrected chi connectivity index (χ3v) is 0.917. The molecule has 0 aliphatic rings. The predicted molar refractivity (Wildman–Crippen MR) is 31.5 cm³/mol. The molecule has 2 N–H and O–H groups in total. The van der Waals surface area contributed by atoms with Crippen molar-refractivity contribution in [2.75, 3.05) is 6.54 Å². The zero-order chi connectivity index (χ0) is 5.82. The number of nitrogens with one attached hydrogen (secondary N) is 2. The minimum atomic E-state index is 0. The molecule has 0 aliphatic heterocycles. The van der Waals surface area contributed by atoms with Gasteiger partial charge in [-0.15, -0.1) is 6.54 Å². The van der Waals surface area contributed by atoms with E-state index in [1.54, 1.807) is 12.4 Å². The second-order valence-corrected chi connectivity index (χ2v) is 1.54. The van der Waals surface area contributed by atoms with Gasteiger partial charge in [0.05, 0.1) is 0 Å². The SMILES string of the molecule is [NH-]CCc1ncc[nH]1.[Y]. The molecule has 3 nitrogen and oxygen atoms in total. The smallest absolute Gasteiger partial charge is 0.104 e. The topological polar surface area (TPSA) is 52.5 Å². The van der Waals surface area contributed by atoms with Crippen LogP contribution in [0.2, 0.25) is 0 Å². The molecule has 0 fully saturated rings. The molecule has 0 atom stereocenters. The van der Waals surface area contributed by atoms with Gasteiger partial charge >= 0.3 is 0 Å². The van der Waals surface area contributed by atoms with Crippen LogP contribution in [-0.4, -0.2) is 16.5 Å². The number of aromatic amines is 1. The maximum atomic E-state index is 6.82. The molecule has 9 heavy (non-hydrogen) atoms. The van der Waals surface area contributed by atoms with Gasteiger partial charge in [-0.25, -0.2) is 4.98 Å². The third kappa shape index (κ3) is 3.09. The van der Waals surface area contributed by atoms with E-state index in [0.29, 0.717) is 6.54 Å². The van der Waals surface area contributed by atoms with Gasteiger partial charge in [0.15, 0.2) is 0 Å². The average Bonchev–Trinajstić information content (AvgIpc) is 2.19. The van der Waals surface area contributed by atoms with Gasteiger partial charge in [-0.2, -0.15) is 0 Å². The summed E-state index contributed by atoms with van der Waals surface area (Å²) in [5.74, 6) is 0.903. The van der Waals surface area contributed by atoms with Gasteiger partial charge in [-0.05, 0) is 6.42 Å². The van der Waals surface area contributed by atoms with E-state index < -0.39 is 0 Å². The number of hydrogen-bond donors (Lipinski definition) is 1. The van der Waals surface area contributed by atoms with Gasteiger partial charge in [-0.3, -0.25) is 0 Å². The number of aromatic nitrogens is 2. The van der Waals surface area contributed by atoms with Gasteiger partial charge < -0.3 is 10.7 Å². The molecule has 0 bridgehead atoms. The Kier molecular flexibility index (Phi) is 5.24. The Morgan fingerprint density at radius 3 is 2.89 bits per heavy atom. The first-order valence-electron chi connectivity index (χ1n) is 2.56. The van der Waals surface area contributed by atoms with E-state index in [1.807, 2.05) is 0 Å². The van der Waals surface area contributed by atoms with Crippen molar-refractivity contribution in [3.05, 3.63) is 24.0 Å². The van der Waals surface area contributed by atoms with Gasteiger partial charge in [0.2, 0.25) is 0 Å². The number of rotatable bonds is 2. The Labute approximate surface area is 79.3 Å². The Bertz CT molecular complexity index is 138. The minimum Gasteiger partial charge on any atom is -0.677 e. The molecule has 0 spiro atoms. The van der Waals surface area contributed by atoms with Crippen LogP contribution >= 0.6 is 0 Å². The fraction of sp³-hybridized carbons (Fsp3) is 0.400. The van der Waals surface area contributed by atoms with Crippen LogP contribution in [0.1, 0.15) is 5.82 Å². The predicted octanol–water partition coefficient (Wildman–Crippen LogP) is 1.00. The zero-order valence-corrected chi connectivity index (χ0v) is 7.93. The molecule has 1 heterocycles. The molecule has 1 rings (SSSR count). The van der Waals surface area contributed by atoms with Gasteiger partial charge in [-0.1, -0.05) is 0 Å². The molecule has 0 saturated heterocycles. The van der Waals surface area contributed by atoms with Crippen LogP contribution in [0.15, 0.2) is 12.4 Å². The van der Waals surface area contributed by atoms with E-state index in [1.165, 1.54) is 0 Å². The summed E-state index contributed by atoms with van der Waals surface area (Å²) in [6, 6.07) is 0. The van der Waals surface area contributed by atoms with Crippen LogP contribution < -0.4 is 0 Å². The molecule has 47 valence electrons. The number of imidazole rings is 1. The zero-order valence-electron chi connectivity index (χ0n) is 5.09. The van der Waals surface area contributed by atoms with Crippen molar-refractivity contribution < 1.29 is 32.7 Å². The first-order valence-corrected chi connectivity index (χ1v) is 2.56. The standard InChI is InChI=1S/C5H8N3.Y/c6-2-1-5-7-3-4-8-5;/h3-4,6H,1-2H2,(H,7,8);/q-1;. The van der Waals surface area contributed by atoms with Gasteiger partial charge in [0.25, 0.3) is 0 Å². The summed E-state index contributed by atoms with van der Waals surface area (Å²) in [6.07, 6.45) is 4.20. The van der Waals surface area contributed by atoms with Crippen molar-refractivity contribution in [2.24, 2.45) is 0 Å². The molecule has 0 amide bonds. The number of H-pyrrole nitrogens is 1. The summed E-state index contributed by atoms with van der Waals surface area (Å²) in [6.45, 7) is 0.410. The second-order valence-electron chi connectivity index (χ2n) is 1.54. The van der Waals surface area contributed by atoms with Crippen LogP contribution in [0, 0.1) is 0 Å². The van der Waals surface area contributed by atoms with Crippen LogP contribution in [0.4, 0.5) is 0 Å². The van der Waals surface area contributed by atoms with E-state index in [9.17, 15) is 0 Å².